The van der Waals surface area contributed by atoms with Gasteiger partial charge in [-0.2, -0.15) is 0 Å². The minimum absolute atomic E-state index is 0.00453. The predicted octanol–water partition coefficient (Wildman–Crippen LogP) is -1.80. The second kappa shape index (κ2) is 27.1. The zero-order valence-corrected chi connectivity index (χ0v) is 45.0. The average molecular weight is 1210 g/mol. The zero-order chi connectivity index (χ0) is 61.8. The molecule has 29 nitrogen and oxygen atoms in total. The maximum absolute atomic E-state index is 14.8. The molecule has 1 aromatic heterocycles. The topological polar surface area (TPSA) is 460 Å². The van der Waals surface area contributed by atoms with Crippen LogP contribution in [-0.2, 0) is 52.2 Å². The molecule has 464 valence electrons. The lowest BCUT2D eigenvalue weighted by Crippen LogP contribution is -2.68. The molecule has 86 heavy (non-hydrogen) atoms. The lowest BCUT2D eigenvalue weighted by molar-refractivity contribution is -0.400. The number of phenols is 5. The molecule has 4 saturated heterocycles. The molecule has 15 N–H and O–H groups in total. The van der Waals surface area contributed by atoms with Gasteiger partial charge in [0.05, 0.1) is 12.7 Å². The number of rotatable bonds is 18. The van der Waals surface area contributed by atoms with Crippen LogP contribution < -0.4 is 10.2 Å². The van der Waals surface area contributed by atoms with Gasteiger partial charge in [0, 0.05) is 29.8 Å². The standard InChI is InChI=1S/C57H62O29/c1-23-49(83-54-46(73)43(70)39(66)33(20-58)80-54)52(85-55-47(74)44(71)40(67)34(81-55)21-76-36(64)16-6-24-2-10-27(59)11-3-24)53(86-56-48(75)45(72)41(68)35(82-56)22-77-37(65)17-7-25-4-12-28(60)13-5-25)57(78-23)84-51-42(69)38-31(63)18-30(62)19-32(38)79-50(51)26-8-14-29(61)15-9-26/h2-19,23,33-35,39-41,43-49,52-63,66-68,70-75H,20-22H2,1H3/b16-6+,17-7+/t23-,33+,34+,35+,39+,40+,41+,43-,44-,45-,46+,47+,48+,49-,52+,53+,54-,55-,56-,57-/m0/s1. The fraction of sp³-hybridized carbons (Fsp3) is 0.421. The van der Waals surface area contributed by atoms with E-state index < -0.39 is 194 Å². The highest BCUT2D eigenvalue weighted by atomic mass is 16.8. The molecule has 9 rings (SSSR count). The predicted molar refractivity (Wildman–Crippen MR) is 286 cm³/mol. The van der Waals surface area contributed by atoms with Crippen molar-refractivity contribution in [3.63, 3.8) is 0 Å². The largest absolute Gasteiger partial charge is 0.508 e. The second-order valence-corrected chi connectivity index (χ2v) is 20.4. The van der Waals surface area contributed by atoms with Crippen molar-refractivity contribution in [1.82, 2.24) is 0 Å². The van der Waals surface area contributed by atoms with E-state index in [-0.39, 0.29) is 22.8 Å². The van der Waals surface area contributed by atoms with Gasteiger partial charge in [-0.1, -0.05) is 24.3 Å². The summed E-state index contributed by atoms with van der Waals surface area (Å²) in [6.07, 6.45) is -36.2. The Bertz CT molecular complexity index is 3240. The molecule has 4 aliphatic rings. The van der Waals surface area contributed by atoms with E-state index in [1.807, 2.05) is 0 Å². The summed E-state index contributed by atoms with van der Waals surface area (Å²) in [6, 6.07) is 18.1. The summed E-state index contributed by atoms with van der Waals surface area (Å²) in [5, 5.41) is 162. The lowest BCUT2D eigenvalue weighted by atomic mass is 9.95. The highest BCUT2D eigenvalue weighted by Gasteiger charge is 2.57. The number of phenolic OH excluding ortho intramolecular Hbond substituents is 5. The monoisotopic (exact) mass is 1210 g/mol. The summed E-state index contributed by atoms with van der Waals surface area (Å²) >= 11 is 0. The third kappa shape index (κ3) is 14.0. The molecule has 0 unspecified atom stereocenters. The Kier molecular flexibility index (Phi) is 19.9. The number of esters is 2. The van der Waals surface area contributed by atoms with Crippen LogP contribution in [0, 0.1) is 0 Å². The molecule has 5 heterocycles. The van der Waals surface area contributed by atoms with Gasteiger partial charge in [0.2, 0.25) is 17.5 Å². The molecule has 29 heteroatoms. The molecule has 0 spiro atoms. The van der Waals surface area contributed by atoms with Crippen LogP contribution >= 0.6 is 0 Å². The van der Waals surface area contributed by atoms with E-state index in [1.165, 1.54) is 91.9 Å². The molecule has 5 aromatic rings. The number of ether oxygens (including phenoxy) is 10. The normalized spacial score (nSPS) is 33.2. The Morgan fingerprint density at radius 2 is 0.930 bits per heavy atom. The van der Waals surface area contributed by atoms with E-state index in [1.54, 1.807) is 0 Å². The summed E-state index contributed by atoms with van der Waals surface area (Å²) in [4.78, 5) is 40.7. The smallest absolute Gasteiger partial charge is 0.330 e. The third-order valence-electron chi connectivity index (χ3n) is 14.5. The minimum Gasteiger partial charge on any atom is -0.508 e. The van der Waals surface area contributed by atoms with Crippen molar-refractivity contribution < 1.29 is 138 Å². The van der Waals surface area contributed by atoms with Crippen LogP contribution in [-0.4, -0.2) is 231 Å². The molecular weight excluding hydrogens is 1150 g/mol. The number of aromatic hydroxyl groups is 5. The molecule has 4 aliphatic heterocycles. The summed E-state index contributed by atoms with van der Waals surface area (Å²) in [5.41, 5.74) is -0.620. The van der Waals surface area contributed by atoms with Crippen LogP contribution in [0.3, 0.4) is 0 Å². The Hall–Kier alpha value is -7.37. The zero-order valence-electron chi connectivity index (χ0n) is 45.0. The Morgan fingerprint density at radius 3 is 1.41 bits per heavy atom. The number of fused-ring (bicyclic) bond motifs is 1. The average Bonchev–Trinajstić information content (AvgIpc) is 3.60. The van der Waals surface area contributed by atoms with Gasteiger partial charge in [-0.15, -0.1) is 0 Å². The Labute approximate surface area is 485 Å². The van der Waals surface area contributed by atoms with Crippen LogP contribution in [0.1, 0.15) is 18.1 Å². The first-order valence-electron chi connectivity index (χ1n) is 26.6. The van der Waals surface area contributed by atoms with Gasteiger partial charge >= 0.3 is 11.9 Å². The van der Waals surface area contributed by atoms with Crippen molar-refractivity contribution in [2.75, 3.05) is 19.8 Å². The second-order valence-electron chi connectivity index (χ2n) is 20.4. The van der Waals surface area contributed by atoms with Crippen LogP contribution in [0.5, 0.6) is 34.5 Å². The molecule has 4 aromatic carbocycles. The van der Waals surface area contributed by atoms with Crippen LogP contribution in [0.25, 0.3) is 34.4 Å². The van der Waals surface area contributed by atoms with E-state index in [0.29, 0.717) is 11.1 Å². The van der Waals surface area contributed by atoms with Crippen molar-refractivity contribution in [3.05, 3.63) is 118 Å². The number of aliphatic hydroxyl groups is 10. The summed E-state index contributed by atoms with van der Waals surface area (Å²) in [6.45, 7) is -1.37. The van der Waals surface area contributed by atoms with Crippen molar-refractivity contribution in [2.45, 2.75) is 130 Å². The number of hydrogen-bond acceptors (Lipinski definition) is 29. The van der Waals surface area contributed by atoms with E-state index in [2.05, 4.69) is 0 Å². The molecular formula is C57H62O29. The summed E-state index contributed by atoms with van der Waals surface area (Å²) < 4.78 is 66.3. The van der Waals surface area contributed by atoms with Gasteiger partial charge < -0.3 is 128 Å². The fourth-order valence-electron chi connectivity index (χ4n) is 9.75. The van der Waals surface area contributed by atoms with Crippen molar-refractivity contribution in [1.29, 1.82) is 0 Å². The van der Waals surface area contributed by atoms with E-state index in [9.17, 15) is 91.0 Å². The first-order valence-corrected chi connectivity index (χ1v) is 26.6. The van der Waals surface area contributed by atoms with E-state index in [4.69, 9.17) is 51.8 Å². The van der Waals surface area contributed by atoms with Crippen LogP contribution in [0.4, 0.5) is 0 Å². The van der Waals surface area contributed by atoms with Crippen molar-refractivity contribution in [3.8, 4) is 45.8 Å². The van der Waals surface area contributed by atoms with Gasteiger partial charge in [0.1, 0.15) is 138 Å². The van der Waals surface area contributed by atoms with Gasteiger partial charge in [0.25, 0.3) is 0 Å². The van der Waals surface area contributed by atoms with Gasteiger partial charge in [0.15, 0.2) is 30.7 Å². The Morgan fingerprint density at radius 1 is 0.500 bits per heavy atom. The summed E-state index contributed by atoms with van der Waals surface area (Å²) in [5.74, 6) is -5.00. The SMILES string of the molecule is C[C@@H]1O[C@@H](Oc2c(-c3ccc(O)cc3)oc3cc(O)cc(O)c3c2=O)[C@H](O[C@@H]2O[C@H](COC(=O)/C=C/c3ccc(O)cc3)[C@@H](O)[C@H](O)[C@H]2O)[C@H](O[C@@H]2O[C@H](COC(=O)/C=C/c3ccc(O)cc3)[C@@H](O)[C@H](O)[C@H]2O)[C@H]1O[C@@H]1O[C@H](CO)[C@@H](O)[C@H](O)[C@H]1O. The van der Waals surface area contributed by atoms with Crippen LogP contribution in [0.2, 0.25) is 0 Å². The summed E-state index contributed by atoms with van der Waals surface area (Å²) in [7, 11) is 0. The lowest BCUT2D eigenvalue weighted by Gasteiger charge is -2.50. The van der Waals surface area contributed by atoms with Crippen molar-refractivity contribution >= 4 is 35.1 Å². The highest BCUT2D eigenvalue weighted by Crippen LogP contribution is 2.41. The molecule has 0 saturated carbocycles. The molecule has 0 amide bonds. The minimum atomic E-state index is -2.30. The quantitative estimate of drug-likeness (QED) is 0.0340. The van der Waals surface area contributed by atoms with Gasteiger partial charge in [-0.3, -0.25) is 4.79 Å². The molecule has 0 bridgehead atoms. The Balaban J connectivity index is 1.12. The highest BCUT2D eigenvalue weighted by molar-refractivity contribution is 5.89. The molecule has 4 fully saturated rings. The first kappa shape index (κ1) is 63.1. The maximum Gasteiger partial charge on any atom is 0.330 e. The van der Waals surface area contributed by atoms with E-state index in [0.717, 1.165) is 24.3 Å². The molecule has 0 radical (unpaired) electrons. The van der Waals surface area contributed by atoms with Crippen molar-refractivity contribution in [2.24, 2.45) is 0 Å². The number of carbonyl (C=O) groups excluding carboxylic acids is 2. The molecule has 20 atom stereocenters. The molecule has 0 aliphatic carbocycles. The van der Waals surface area contributed by atoms with Gasteiger partial charge in [-0.25, -0.2) is 9.59 Å². The number of hydrogen-bond donors (Lipinski definition) is 15. The number of benzene rings is 4. The first-order chi connectivity index (χ1) is 41.0. The van der Waals surface area contributed by atoms with Crippen LogP contribution in [0.15, 0.2) is 106 Å². The maximum atomic E-state index is 14.8. The van der Waals surface area contributed by atoms with Gasteiger partial charge in [-0.05, 0) is 78.7 Å². The number of carbonyl (C=O) groups is 2. The third-order valence-corrected chi connectivity index (χ3v) is 14.5. The fourth-order valence-corrected chi connectivity index (χ4v) is 9.75. The number of aliphatic hydroxyl groups excluding tert-OH is 10. The van der Waals surface area contributed by atoms with E-state index >= 15 is 0 Å².